The number of H-pyrrole nitrogens is 1. The SMILES string of the molecule is O=c1[nH]c(-c2ccoc2)ncc1CBr. The molecule has 2 aromatic heterocycles. The minimum Gasteiger partial charge on any atom is -0.472 e. The van der Waals surface area contributed by atoms with Gasteiger partial charge in [-0.25, -0.2) is 4.98 Å². The van der Waals surface area contributed by atoms with Crippen LogP contribution in [0.15, 0.2) is 34.0 Å². The van der Waals surface area contributed by atoms with Gasteiger partial charge in [-0.05, 0) is 6.07 Å². The van der Waals surface area contributed by atoms with Crippen LogP contribution in [0.4, 0.5) is 0 Å². The molecular formula is C9H7BrN2O2. The molecule has 0 aliphatic heterocycles. The molecule has 5 heteroatoms. The quantitative estimate of drug-likeness (QED) is 0.834. The van der Waals surface area contributed by atoms with Gasteiger partial charge in [-0.1, -0.05) is 15.9 Å². The summed E-state index contributed by atoms with van der Waals surface area (Å²) in [5, 5.41) is 0.501. The third-order valence-electron chi connectivity index (χ3n) is 1.81. The standard InChI is InChI=1S/C9H7BrN2O2/c10-3-7-4-11-8(12-9(7)13)6-1-2-14-5-6/h1-2,4-5H,3H2,(H,11,12,13). The second-order valence-electron chi connectivity index (χ2n) is 2.73. The highest BCUT2D eigenvalue weighted by atomic mass is 79.9. The van der Waals surface area contributed by atoms with Crippen LogP contribution >= 0.6 is 15.9 Å². The molecular weight excluding hydrogens is 248 g/mol. The summed E-state index contributed by atoms with van der Waals surface area (Å²) in [6.07, 6.45) is 4.62. The van der Waals surface area contributed by atoms with Crippen molar-refractivity contribution in [3.05, 3.63) is 40.7 Å². The molecule has 0 aromatic carbocycles. The van der Waals surface area contributed by atoms with E-state index in [0.29, 0.717) is 16.7 Å². The molecule has 2 aromatic rings. The van der Waals surface area contributed by atoms with Gasteiger partial charge < -0.3 is 9.40 Å². The number of hydrogen-bond donors (Lipinski definition) is 1. The van der Waals surface area contributed by atoms with E-state index in [-0.39, 0.29) is 5.56 Å². The molecule has 0 atom stereocenters. The molecule has 0 saturated carbocycles. The molecule has 0 bridgehead atoms. The fourth-order valence-electron chi connectivity index (χ4n) is 1.06. The molecule has 0 radical (unpaired) electrons. The van der Waals surface area contributed by atoms with Gasteiger partial charge in [-0.2, -0.15) is 0 Å². The lowest BCUT2D eigenvalue weighted by molar-refractivity contribution is 0.568. The normalized spacial score (nSPS) is 10.4. The summed E-state index contributed by atoms with van der Waals surface area (Å²) in [5.74, 6) is 0.522. The number of nitrogens with one attached hydrogen (secondary N) is 1. The lowest BCUT2D eigenvalue weighted by Crippen LogP contribution is -2.12. The molecule has 2 rings (SSSR count). The van der Waals surface area contributed by atoms with E-state index in [1.807, 2.05) is 0 Å². The maximum absolute atomic E-state index is 11.4. The Balaban J connectivity index is 2.48. The molecule has 0 fully saturated rings. The van der Waals surface area contributed by atoms with Crippen molar-refractivity contribution in [3.63, 3.8) is 0 Å². The zero-order chi connectivity index (χ0) is 9.97. The maximum atomic E-state index is 11.4. The van der Waals surface area contributed by atoms with Gasteiger partial charge in [0.15, 0.2) is 0 Å². The highest BCUT2D eigenvalue weighted by Gasteiger charge is 2.04. The van der Waals surface area contributed by atoms with Crippen LogP contribution in [0.25, 0.3) is 11.4 Å². The summed E-state index contributed by atoms with van der Waals surface area (Å²) >= 11 is 3.20. The van der Waals surface area contributed by atoms with Crippen LogP contribution in [0.2, 0.25) is 0 Å². The number of nitrogens with zero attached hydrogens (tertiary/aromatic N) is 1. The first-order valence-corrected chi connectivity index (χ1v) is 5.10. The first-order chi connectivity index (χ1) is 6.81. The Bertz CT molecular complexity index is 476. The van der Waals surface area contributed by atoms with Gasteiger partial charge in [0.05, 0.1) is 11.8 Å². The van der Waals surface area contributed by atoms with E-state index >= 15 is 0 Å². The number of aromatic nitrogens is 2. The predicted octanol–water partition coefficient (Wildman–Crippen LogP) is 1.92. The molecule has 72 valence electrons. The summed E-state index contributed by atoms with van der Waals surface area (Å²) in [4.78, 5) is 18.2. The summed E-state index contributed by atoms with van der Waals surface area (Å²) in [5.41, 5.74) is 1.24. The van der Waals surface area contributed by atoms with Crippen molar-refractivity contribution >= 4 is 15.9 Å². The molecule has 0 saturated heterocycles. The van der Waals surface area contributed by atoms with Crippen molar-refractivity contribution in [2.45, 2.75) is 5.33 Å². The van der Waals surface area contributed by atoms with Gasteiger partial charge >= 0.3 is 0 Å². The predicted molar refractivity (Wildman–Crippen MR) is 55.2 cm³/mol. The van der Waals surface area contributed by atoms with Crippen molar-refractivity contribution < 1.29 is 4.42 Å². The molecule has 0 spiro atoms. The number of alkyl halides is 1. The Kier molecular flexibility index (Phi) is 2.49. The van der Waals surface area contributed by atoms with Crippen molar-refractivity contribution in [3.8, 4) is 11.4 Å². The van der Waals surface area contributed by atoms with E-state index in [0.717, 1.165) is 5.56 Å². The van der Waals surface area contributed by atoms with Crippen LogP contribution in [0.5, 0.6) is 0 Å². The van der Waals surface area contributed by atoms with E-state index in [1.165, 1.54) is 12.5 Å². The first-order valence-electron chi connectivity index (χ1n) is 3.98. The van der Waals surface area contributed by atoms with Crippen molar-refractivity contribution in [2.24, 2.45) is 0 Å². The average Bonchev–Trinajstić information content (AvgIpc) is 2.70. The second kappa shape index (κ2) is 3.79. The van der Waals surface area contributed by atoms with E-state index in [9.17, 15) is 4.79 Å². The number of furan rings is 1. The minimum absolute atomic E-state index is 0.131. The zero-order valence-electron chi connectivity index (χ0n) is 7.16. The Hall–Kier alpha value is -1.36. The van der Waals surface area contributed by atoms with Crippen LogP contribution in [0, 0.1) is 0 Å². The highest BCUT2D eigenvalue weighted by molar-refractivity contribution is 9.08. The van der Waals surface area contributed by atoms with E-state index in [4.69, 9.17) is 4.42 Å². The fourth-order valence-corrected chi connectivity index (χ4v) is 1.46. The average molecular weight is 255 g/mol. The van der Waals surface area contributed by atoms with Gasteiger partial charge in [0.25, 0.3) is 5.56 Å². The molecule has 14 heavy (non-hydrogen) atoms. The van der Waals surface area contributed by atoms with Gasteiger partial charge in [0, 0.05) is 17.1 Å². The topological polar surface area (TPSA) is 58.9 Å². The molecule has 0 aliphatic carbocycles. The fraction of sp³-hybridized carbons (Fsp3) is 0.111. The van der Waals surface area contributed by atoms with Crippen LogP contribution in [0.1, 0.15) is 5.56 Å². The zero-order valence-corrected chi connectivity index (χ0v) is 8.74. The van der Waals surface area contributed by atoms with Crippen molar-refractivity contribution in [2.75, 3.05) is 0 Å². The van der Waals surface area contributed by atoms with Crippen LogP contribution < -0.4 is 5.56 Å². The summed E-state index contributed by atoms with van der Waals surface area (Å²) in [7, 11) is 0. The number of rotatable bonds is 2. The monoisotopic (exact) mass is 254 g/mol. The summed E-state index contributed by atoms with van der Waals surface area (Å²) in [6, 6.07) is 1.74. The Morgan fingerprint density at radius 3 is 3.00 bits per heavy atom. The molecule has 0 unspecified atom stereocenters. The molecule has 0 aliphatic rings. The Morgan fingerprint density at radius 2 is 2.43 bits per heavy atom. The second-order valence-corrected chi connectivity index (χ2v) is 3.29. The van der Waals surface area contributed by atoms with Gasteiger partial charge in [0.2, 0.25) is 0 Å². The minimum atomic E-state index is -0.131. The summed E-state index contributed by atoms with van der Waals surface area (Å²) in [6.45, 7) is 0. The van der Waals surface area contributed by atoms with Crippen LogP contribution in [-0.2, 0) is 5.33 Å². The van der Waals surface area contributed by atoms with Crippen molar-refractivity contribution in [1.29, 1.82) is 0 Å². The van der Waals surface area contributed by atoms with E-state index < -0.39 is 0 Å². The Labute approximate surface area is 88.1 Å². The number of halogens is 1. The lowest BCUT2D eigenvalue weighted by Gasteiger charge is -1.97. The first kappa shape index (κ1) is 9.21. The molecule has 1 N–H and O–H groups in total. The van der Waals surface area contributed by atoms with E-state index in [2.05, 4.69) is 25.9 Å². The van der Waals surface area contributed by atoms with Gasteiger partial charge in [-0.3, -0.25) is 4.79 Å². The smallest absolute Gasteiger partial charge is 0.255 e. The molecule has 0 amide bonds. The van der Waals surface area contributed by atoms with Gasteiger partial charge in [0.1, 0.15) is 12.1 Å². The van der Waals surface area contributed by atoms with Crippen LogP contribution in [-0.4, -0.2) is 9.97 Å². The number of aromatic amines is 1. The largest absolute Gasteiger partial charge is 0.472 e. The maximum Gasteiger partial charge on any atom is 0.255 e. The third-order valence-corrected chi connectivity index (χ3v) is 2.42. The number of hydrogen-bond acceptors (Lipinski definition) is 3. The molecule has 4 nitrogen and oxygen atoms in total. The van der Waals surface area contributed by atoms with Gasteiger partial charge in [-0.15, -0.1) is 0 Å². The Morgan fingerprint density at radius 1 is 1.57 bits per heavy atom. The van der Waals surface area contributed by atoms with E-state index in [1.54, 1.807) is 12.3 Å². The summed E-state index contributed by atoms with van der Waals surface area (Å²) < 4.78 is 4.89. The lowest BCUT2D eigenvalue weighted by atomic mass is 10.3. The van der Waals surface area contributed by atoms with Crippen molar-refractivity contribution in [1.82, 2.24) is 9.97 Å². The van der Waals surface area contributed by atoms with Crippen LogP contribution in [0.3, 0.4) is 0 Å². The third kappa shape index (κ3) is 1.63. The highest BCUT2D eigenvalue weighted by Crippen LogP contribution is 2.12. The molecule has 2 heterocycles.